The fraction of sp³-hybridized carbons (Fsp3) is 0.600. The largest absolute Gasteiger partial charge is 0.370 e. The van der Waals surface area contributed by atoms with Crippen LogP contribution in [-0.2, 0) is 0 Å². The smallest absolute Gasteiger partial charge is 0.255 e. The zero-order chi connectivity index (χ0) is 15.2. The van der Waals surface area contributed by atoms with Crippen LogP contribution in [0, 0.1) is 0 Å². The van der Waals surface area contributed by atoms with Gasteiger partial charge in [-0.25, -0.2) is 4.98 Å². The van der Waals surface area contributed by atoms with Crippen LogP contribution < -0.4 is 10.6 Å². The monoisotopic (exact) mass is 354 g/mol. The molecular weight excluding hydrogens is 332 g/mol. The Labute approximate surface area is 134 Å². The van der Waals surface area contributed by atoms with E-state index in [1.54, 1.807) is 6.20 Å². The van der Waals surface area contributed by atoms with E-state index in [9.17, 15) is 4.79 Å². The topological polar surface area (TPSA) is 57.3 Å². The van der Waals surface area contributed by atoms with Crippen molar-refractivity contribution in [2.24, 2.45) is 0 Å². The first-order valence-electron chi connectivity index (χ1n) is 7.57. The maximum Gasteiger partial charge on any atom is 0.255 e. The number of likely N-dealkylation sites (tertiary alicyclic amines) is 1. The van der Waals surface area contributed by atoms with Gasteiger partial charge in [-0.3, -0.25) is 9.69 Å². The molecular formula is C15H23BrN4O. The minimum Gasteiger partial charge on any atom is -0.370 e. The molecule has 2 heterocycles. The Morgan fingerprint density at radius 3 is 3.05 bits per heavy atom. The zero-order valence-corrected chi connectivity index (χ0v) is 14.2. The highest BCUT2D eigenvalue weighted by Gasteiger charge is 2.23. The third-order valence-electron chi connectivity index (χ3n) is 3.85. The van der Waals surface area contributed by atoms with Crippen LogP contribution >= 0.6 is 15.9 Å². The van der Waals surface area contributed by atoms with Crippen molar-refractivity contribution in [1.29, 1.82) is 0 Å². The summed E-state index contributed by atoms with van der Waals surface area (Å²) in [5.41, 5.74) is 0.590. The summed E-state index contributed by atoms with van der Waals surface area (Å²) in [6.07, 6.45) is 4.07. The van der Waals surface area contributed by atoms with Crippen LogP contribution in [0.2, 0.25) is 0 Å². The minimum atomic E-state index is -0.0669. The van der Waals surface area contributed by atoms with E-state index in [4.69, 9.17) is 0 Å². The van der Waals surface area contributed by atoms with E-state index in [0.717, 1.165) is 30.5 Å². The summed E-state index contributed by atoms with van der Waals surface area (Å²) < 4.78 is 0.811. The lowest BCUT2D eigenvalue weighted by atomic mass is 10.2. The van der Waals surface area contributed by atoms with E-state index in [1.165, 1.54) is 6.42 Å². The van der Waals surface area contributed by atoms with Gasteiger partial charge >= 0.3 is 0 Å². The quantitative estimate of drug-likeness (QED) is 0.823. The lowest BCUT2D eigenvalue weighted by molar-refractivity contribution is 0.0942. The zero-order valence-electron chi connectivity index (χ0n) is 12.7. The normalized spacial score (nSPS) is 18.7. The van der Waals surface area contributed by atoms with Crippen molar-refractivity contribution in [3.63, 3.8) is 0 Å². The summed E-state index contributed by atoms with van der Waals surface area (Å²) in [6, 6.07) is 2.27. The number of hydrogen-bond acceptors (Lipinski definition) is 4. The Morgan fingerprint density at radius 2 is 2.33 bits per heavy atom. The van der Waals surface area contributed by atoms with Gasteiger partial charge in [-0.1, -0.05) is 6.92 Å². The predicted molar refractivity (Wildman–Crippen MR) is 88.7 cm³/mol. The molecule has 0 radical (unpaired) electrons. The molecule has 5 nitrogen and oxygen atoms in total. The van der Waals surface area contributed by atoms with Crippen LogP contribution in [-0.4, -0.2) is 48.0 Å². The minimum absolute atomic E-state index is 0.0669. The predicted octanol–water partition coefficient (Wildman–Crippen LogP) is 2.49. The second-order valence-electron chi connectivity index (χ2n) is 5.21. The number of likely N-dealkylation sites (N-methyl/N-ethyl adjacent to an activating group) is 1. The third-order valence-corrected chi connectivity index (χ3v) is 4.28. The number of nitrogens with zero attached hydrogens (tertiary/aromatic N) is 2. The van der Waals surface area contributed by atoms with E-state index >= 15 is 0 Å². The van der Waals surface area contributed by atoms with Gasteiger partial charge in [-0.2, -0.15) is 0 Å². The fourth-order valence-electron chi connectivity index (χ4n) is 2.77. The number of rotatable bonds is 6. The molecule has 0 aromatic carbocycles. The van der Waals surface area contributed by atoms with Gasteiger partial charge in [-0.05, 0) is 54.9 Å². The number of anilines is 1. The van der Waals surface area contributed by atoms with Crippen molar-refractivity contribution in [2.75, 3.05) is 31.5 Å². The molecule has 1 aliphatic rings. The van der Waals surface area contributed by atoms with Gasteiger partial charge in [0, 0.05) is 29.8 Å². The lowest BCUT2D eigenvalue weighted by Gasteiger charge is -2.23. The molecule has 21 heavy (non-hydrogen) atoms. The molecule has 2 N–H and O–H groups in total. The van der Waals surface area contributed by atoms with E-state index < -0.39 is 0 Å². The average molecular weight is 355 g/mol. The fourth-order valence-corrected chi connectivity index (χ4v) is 3.10. The first-order valence-corrected chi connectivity index (χ1v) is 8.36. The highest BCUT2D eigenvalue weighted by Crippen LogP contribution is 2.19. The van der Waals surface area contributed by atoms with Crippen molar-refractivity contribution in [1.82, 2.24) is 15.2 Å². The van der Waals surface area contributed by atoms with Crippen molar-refractivity contribution in [2.45, 2.75) is 32.7 Å². The maximum atomic E-state index is 12.4. The number of halogens is 1. The van der Waals surface area contributed by atoms with Crippen molar-refractivity contribution >= 4 is 27.7 Å². The highest BCUT2D eigenvalue weighted by atomic mass is 79.9. The van der Waals surface area contributed by atoms with Crippen molar-refractivity contribution in [3.05, 3.63) is 22.3 Å². The molecule has 1 saturated heterocycles. The van der Waals surface area contributed by atoms with Crippen molar-refractivity contribution in [3.8, 4) is 0 Å². The summed E-state index contributed by atoms with van der Waals surface area (Å²) in [7, 11) is 0. The second-order valence-corrected chi connectivity index (χ2v) is 6.13. The molecule has 1 aliphatic heterocycles. The number of hydrogen-bond donors (Lipinski definition) is 2. The number of nitrogens with one attached hydrogen (secondary N) is 2. The number of pyridine rings is 1. The van der Waals surface area contributed by atoms with Gasteiger partial charge < -0.3 is 10.6 Å². The van der Waals surface area contributed by atoms with Crippen LogP contribution in [0.1, 0.15) is 37.0 Å². The van der Waals surface area contributed by atoms with E-state index in [2.05, 4.69) is 43.4 Å². The maximum absolute atomic E-state index is 12.4. The Morgan fingerprint density at radius 1 is 1.52 bits per heavy atom. The molecule has 1 amide bonds. The molecule has 1 aromatic heterocycles. The first kappa shape index (κ1) is 16.2. The molecule has 116 valence electrons. The number of carbonyl (C=O) groups excluding carboxylic acids is 1. The summed E-state index contributed by atoms with van der Waals surface area (Å²) >= 11 is 3.38. The molecule has 0 bridgehead atoms. The number of aromatic nitrogens is 1. The molecule has 0 spiro atoms. The summed E-state index contributed by atoms with van der Waals surface area (Å²) in [6.45, 7) is 7.77. The van der Waals surface area contributed by atoms with E-state index in [1.807, 2.05) is 13.0 Å². The van der Waals surface area contributed by atoms with Gasteiger partial charge in [0.15, 0.2) is 0 Å². The highest BCUT2D eigenvalue weighted by molar-refractivity contribution is 9.10. The summed E-state index contributed by atoms with van der Waals surface area (Å²) in [5.74, 6) is 0.569. The number of carbonyl (C=O) groups is 1. The van der Waals surface area contributed by atoms with Gasteiger partial charge in [0.05, 0.1) is 5.56 Å². The third kappa shape index (κ3) is 4.17. The number of amides is 1. The molecule has 1 unspecified atom stereocenters. The van der Waals surface area contributed by atoms with Crippen LogP contribution in [0.4, 0.5) is 5.82 Å². The van der Waals surface area contributed by atoms with E-state index in [0.29, 0.717) is 24.0 Å². The summed E-state index contributed by atoms with van der Waals surface area (Å²) in [4.78, 5) is 19.1. The van der Waals surface area contributed by atoms with Crippen LogP contribution in [0.15, 0.2) is 16.7 Å². The molecule has 0 saturated carbocycles. The molecule has 6 heteroatoms. The standard InChI is InChI=1S/C15H23BrN4O/c1-3-17-14-13(8-11(16)9-18-14)15(21)19-10-12-6-5-7-20(12)4-2/h8-9,12H,3-7,10H2,1-2H3,(H,17,18)(H,19,21). The van der Waals surface area contributed by atoms with Crippen LogP contribution in [0.3, 0.4) is 0 Å². The van der Waals surface area contributed by atoms with Gasteiger partial charge in [0.1, 0.15) is 5.82 Å². The molecule has 0 aliphatic carbocycles. The molecule has 1 aromatic rings. The Hall–Kier alpha value is -1.14. The van der Waals surface area contributed by atoms with Crippen LogP contribution in [0.5, 0.6) is 0 Å². The van der Waals surface area contributed by atoms with Crippen LogP contribution in [0.25, 0.3) is 0 Å². The van der Waals surface area contributed by atoms with Crippen molar-refractivity contribution < 1.29 is 4.79 Å². The first-order chi connectivity index (χ1) is 10.2. The summed E-state index contributed by atoms with van der Waals surface area (Å²) in [5, 5.41) is 6.18. The molecule has 2 rings (SSSR count). The molecule has 1 atom stereocenters. The average Bonchev–Trinajstić information content (AvgIpc) is 2.94. The Bertz CT molecular complexity index is 495. The Balaban J connectivity index is 2.01. The molecule has 1 fully saturated rings. The van der Waals surface area contributed by atoms with Gasteiger partial charge in [0.25, 0.3) is 5.91 Å². The van der Waals surface area contributed by atoms with Gasteiger partial charge in [0.2, 0.25) is 0 Å². The SMILES string of the molecule is CCNc1ncc(Br)cc1C(=O)NCC1CCCN1CC. The van der Waals surface area contributed by atoms with E-state index in [-0.39, 0.29) is 5.91 Å². The Kier molecular flexibility index (Phi) is 5.99. The second kappa shape index (κ2) is 7.75. The van der Waals surface area contributed by atoms with Gasteiger partial charge in [-0.15, -0.1) is 0 Å². The lowest BCUT2D eigenvalue weighted by Crippen LogP contribution is -2.40.